The SMILES string of the molecule is C#CC(C)(C)Oc1[c]ccc(OC(C)(C)C#C)c1. The van der Waals surface area contributed by atoms with E-state index in [-0.39, 0.29) is 0 Å². The highest BCUT2D eigenvalue weighted by molar-refractivity contribution is 5.34. The lowest BCUT2D eigenvalue weighted by atomic mass is 10.1. The van der Waals surface area contributed by atoms with Gasteiger partial charge in [-0.25, -0.2) is 0 Å². The molecule has 0 atom stereocenters. The number of ether oxygens (including phenoxy) is 2. The van der Waals surface area contributed by atoms with Gasteiger partial charge in [0.2, 0.25) is 0 Å². The van der Waals surface area contributed by atoms with Crippen molar-refractivity contribution in [1.82, 2.24) is 0 Å². The van der Waals surface area contributed by atoms with Crippen molar-refractivity contribution < 1.29 is 9.47 Å². The third kappa shape index (κ3) is 4.07. The zero-order valence-electron chi connectivity index (χ0n) is 11.2. The summed E-state index contributed by atoms with van der Waals surface area (Å²) < 4.78 is 11.3. The third-order valence-corrected chi connectivity index (χ3v) is 2.18. The van der Waals surface area contributed by atoms with Crippen LogP contribution in [0.2, 0.25) is 0 Å². The molecule has 0 aromatic heterocycles. The van der Waals surface area contributed by atoms with Crippen LogP contribution < -0.4 is 9.47 Å². The van der Waals surface area contributed by atoms with Gasteiger partial charge >= 0.3 is 0 Å². The minimum Gasteiger partial charge on any atom is -0.475 e. The predicted molar refractivity (Wildman–Crippen MR) is 72.4 cm³/mol. The van der Waals surface area contributed by atoms with Gasteiger partial charge in [-0.15, -0.1) is 12.8 Å². The first-order valence-corrected chi connectivity index (χ1v) is 5.63. The Morgan fingerprint density at radius 3 is 2.17 bits per heavy atom. The number of hydrogen-bond acceptors (Lipinski definition) is 2. The molecule has 18 heavy (non-hydrogen) atoms. The Balaban J connectivity index is 2.88. The van der Waals surface area contributed by atoms with Gasteiger partial charge in [0.05, 0.1) is 0 Å². The Kier molecular flexibility index (Phi) is 3.94. The van der Waals surface area contributed by atoms with E-state index >= 15 is 0 Å². The average Bonchev–Trinajstić information content (AvgIpc) is 2.28. The fourth-order valence-electron chi connectivity index (χ4n) is 1.18. The minimum absolute atomic E-state index is 0.531. The maximum Gasteiger partial charge on any atom is 0.163 e. The van der Waals surface area contributed by atoms with Crippen molar-refractivity contribution in [2.45, 2.75) is 38.9 Å². The van der Waals surface area contributed by atoms with Gasteiger partial charge in [-0.3, -0.25) is 0 Å². The van der Waals surface area contributed by atoms with Gasteiger partial charge in [0, 0.05) is 12.1 Å². The molecule has 0 amide bonds. The van der Waals surface area contributed by atoms with Gasteiger partial charge in [0.25, 0.3) is 0 Å². The lowest BCUT2D eigenvalue weighted by Crippen LogP contribution is -2.26. The summed E-state index contributed by atoms with van der Waals surface area (Å²) in [6.07, 6.45) is 10.7. The summed E-state index contributed by atoms with van der Waals surface area (Å²) >= 11 is 0. The second-order valence-electron chi connectivity index (χ2n) is 4.90. The summed E-state index contributed by atoms with van der Waals surface area (Å²) in [5.41, 5.74) is -1.35. The first kappa shape index (κ1) is 14.0. The summed E-state index contributed by atoms with van der Waals surface area (Å²) in [6.45, 7) is 7.24. The number of rotatable bonds is 4. The van der Waals surface area contributed by atoms with Crippen LogP contribution >= 0.6 is 0 Å². The van der Waals surface area contributed by atoms with Gasteiger partial charge in [-0.2, -0.15) is 0 Å². The summed E-state index contributed by atoms with van der Waals surface area (Å²) in [5, 5.41) is 0. The van der Waals surface area contributed by atoms with E-state index in [0.29, 0.717) is 11.5 Å². The van der Waals surface area contributed by atoms with Crippen molar-refractivity contribution >= 4 is 0 Å². The molecule has 93 valence electrons. The van der Waals surface area contributed by atoms with Crippen LogP contribution in [0.4, 0.5) is 0 Å². The van der Waals surface area contributed by atoms with Crippen LogP contribution in [0.1, 0.15) is 27.7 Å². The highest BCUT2D eigenvalue weighted by Crippen LogP contribution is 2.25. The lowest BCUT2D eigenvalue weighted by molar-refractivity contribution is 0.161. The van der Waals surface area contributed by atoms with E-state index in [9.17, 15) is 0 Å². The maximum atomic E-state index is 5.65. The highest BCUT2D eigenvalue weighted by atomic mass is 16.5. The van der Waals surface area contributed by atoms with Crippen LogP contribution in [0, 0.1) is 30.8 Å². The van der Waals surface area contributed by atoms with Crippen LogP contribution in [-0.2, 0) is 0 Å². The van der Waals surface area contributed by atoms with Gasteiger partial charge in [0.1, 0.15) is 11.5 Å². The van der Waals surface area contributed by atoms with E-state index in [4.69, 9.17) is 22.3 Å². The second-order valence-corrected chi connectivity index (χ2v) is 4.90. The Bertz CT molecular complexity index is 455. The lowest BCUT2D eigenvalue weighted by Gasteiger charge is -2.22. The van der Waals surface area contributed by atoms with Crippen molar-refractivity contribution in [2.24, 2.45) is 0 Å². The normalized spacial score (nSPS) is 11.2. The van der Waals surface area contributed by atoms with Crippen molar-refractivity contribution in [2.75, 3.05) is 0 Å². The van der Waals surface area contributed by atoms with Gasteiger partial charge < -0.3 is 9.47 Å². The second kappa shape index (κ2) is 5.07. The monoisotopic (exact) mass is 241 g/mol. The van der Waals surface area contributed by atoms with Gasteiger partial charge in [0.15, 0.2) is 11.2 Å². The zero-order chi connectivity index (χ0) is 13.8. The zero-order valence-corrected chi connectivity index (χ0v) is 11.2. The molecule has 2 heteroatoms. The molecule has 0 fully saturated rings. The molecule has 1 aromatic carbocycles. The molecule has 0 bridgehead atoms. The molecule has 1 radical (unpaired) electrons. The molecule has 0 spiro atoms. The minimum atomic E-state index is -0.684. The van der Waals surface area contributed by atoms with Crippen LogP contribution in [0.3, 0.4) is 0 Å². The van der Waals surface area contributed by atoms with Crippen molar-refractivity contribution in [3.63, 3.8) is 0 Å². The molecular weight excluding hydrogens is 224 g/mol. The van der Waals surface area contributed by atoms with E-state index in [1.165, 1.54) is 0 Å². The maximum absolute atomic E-state index is 5.65. The van der Waals surface area contributed by atoms with E-state index in [2.05, 4.69) is 17.9 Å². The van der Waals surface area contributed by atoms with Crippen LogP contribution in [0.15, 0.2) is 18.2 Å². The molecule has 0 aliphatic carbocycles. The fraction of sp³-hybridized carbons (Fsp3) is 0.375. The molecule has 0 heterocycles. The average molecular weight is 241 g/mol. The molecule has 0 aliphatic rings. The first-order chi connectivity index (χ1) is 8.28. The molecule has 0 saturated heterocycles. The molecular formula is C16H17O2. The molecule has 0 N–H and O–H groups in total. The molecule has 1 aromatic rings. The van der Waals surface area contributed by atoms with Crippen molar-refractivity contribution in [1.29, 1.82) is 0 Å². The Morgan fingerprint density at radius 1 is 1.06 bits per heavy atom. The Morgan fingerprint density at radius 2 is 1.61 bits per heavy atom. The summed E-state index contributed by atoms with van der Waals surface area (Å²) in [5.74, 6) is 6.27. The topological polar surface area (TPSA) is 18.5 Å². The van der Waals surface area contributed by atoms with E-state index < -0.39 is 11.2 Å². The summed E-state index contributed by atoms with van der Waals surface area (Å²) in [4.78, 5) is 0. The van der Waals surface area contributed by atoms with Crippen molar-refractivity contribution in [3.05, 3.63) is 24.3 Å². The molecule has 0 aliphatic heterocycles. The summed E-state index contributed by atoms with van der Waals surface area (Å²) in [7, 11) is 0. The molecule has 1 rings (SSSR count). The largest absolute Gasteiger partial charge is 0.475 e. The van der Waals surface area contributed by atoms with Crippen molar-refractivity contribution in [3.8, 4) is 36.2 Å². The molecule has 2 nitrogen and oxygen atoms in total. The van der Waals surface area contributed by atoms with Gasteiger partial charge in [-0.1, -0.05) is 11.8 Å². The number of hydrogen-bond donors (Lipinski definition) is 0. The predicted octanol–water partition coefficient (Wildman–Crippen LogP) is 3.07. The van der Waals surface area contributed by atoms with Crippen LogP contribution in [-0.4, -0.2) is 11.2 Å². The van der Waals surface area contributed by atoms with E-state index in [0.717, 1.165) is 0 Å². The summed E-state index contributed by atoms with van der Waals surface area (Å²) in [6, 6.07) is 8.16. The smallest absolute Gasteiger partial charge is 0.163 e. The first-order valence-electron chi connectivity index (χ1n) is 5.63. The number of benzene rings is 1. The van der Waals surface area contributed by atoms with Crippen LogP contribution in [0.5, 0.6) is 11.5 Å². The van der Waals surface area contributed by atoms with E-state index in [1.54, 1.807) is 32.0 Å². The fourth-order valence-corrected chi connectivity index (χ4v) is 1.18. The standard InChI is InChI=1S/C16H17O2/c1-7-15(3,4)17-13-10-9-11-14(12-13)18-16(5,6)8-2/h1-2,9-10,12H,3-6H3. The van der Waals surface area contributed by atoms with E-state index in [1.807, 2.05) is 13.8 Å². The Hall–Kier alpha value is -2.06. The van der Waals surface area contributed by atoms with Gasteiger partial charge in [-0.05, 0) is 39.8 Å². The Labute approximate surface area is 109 Å². The molecule has 0 saturated carbocycles. The highest BCUT2D eigenvalue weighted by Gasteiger charge is 2.18. The van der Waals surface area contributed by atoms with Crippen LogP contribution in [0.25, 0.3) is 0 Å². The number of terminal acetylenes is 2. The quantitative estimate of drug-likeness (QED) is 0.754. The molecule has 0 unspecified atom stereocenters. The third-order valence-electron chi connectivity index (χ3n) is 2.18.